The molecule has 1 rings (SSSR count). The van der Waals surface area contributed by atoms with Crippen LogP contribution in [0.3, 0.4) is 0 Å². The molecule has 0 spiro atoms. The quantitative estimate of drug-likeness (QED) is 0.343. The van der Waals surface area contributed by atoms with Crippen molar-refractivity contribution in [2.45, 2.75) is 30.6 Å². The van der Waals surface area contributed by atoms with Crippen LogP contribution < -0.4 is 0 Å². The Balaban J connectivity index is 3.94. The molecule has 15 heteroatoms. The fraction of sp³-hybridized carbons (Fsp3) is 0.500. The summed E-state index contributed by atoms with van der Waals surface area (Å²) in [5.41, 5.74) is -10.6. The van der Waals surface area contributed by atoms with Crippen LogP contribution in [0.15, 0.2) is 24.3 Å². The van der Waals surface area contributed by atoms with Crippen molar-refractivity contribution in [3.8, 4) is 0 Å². The smallest absolute Gasteiger partial charge is 0.258 e. The van der Waals surface area contributed by atoms with Crippen molar-refractivity contribution in [2.24, 2.45) is 5.41 Å². The van der Waals surface area contributed by atoms with Crippen LogP contribution in [0.25, 0.3) is 0 Å². The van der Waals surface area contributed by atoms with Crippen molar-refractivity contribution < 1.29 is 57.6 Å². The molecule has 0 aromatic heterocycles. The third-order valence-corrected chi connectivity index (χ3v) is 3.50. The molecule has 0 saturated carbocycles. The van der Waals surface area contributed by atoms with Crippen LogP contribution in [0, 0.1) is 15.5 Å². The maximum atomic E-state index is 14.3. The number of benzene rings is 1. The molecule has 1 aromatic rings. The molecule has 1 unspecified atom stereocenters. The van der Waals surface area contributed by atoms with Gasteiger partial charge in [0.25, 0.3) is 11.1 Å². The number of nitro groups is 1. The summed E-state index contributed by atoms with van der Waals surface area (Å²) >= 11 is 0. The number of rotatable bonds is 4. The van der Waals surface area contributed by atoms with Crippen LogP contribution in [0.1, 0.15) is 11.7 Å². The zero-order valence-electron chi connectivity index (χ0n) is 12.2. The maximum absolute atomic E-state index is 14.3. The van der Waals surface area contributed by atoms with E-state index in [0.29, 0.717) is 12.1 Å². The summed E-state index contributed by atoms with van der Waals surface area (Å²) in [6.45, 7) is 0. The van der Waals surface area contributed by atoms with Gasteiger partial charge in [-0.15, -0.1) is 0 Å². The van der Waals surface area contributed by atoms with Crippen molar-refractivity contribution >= 4 is 5.69 Å². The molecule has 0 heterocycles. The fourth-order valence-electron chi connectivity index (χ4n) is 2.23. The van der Waals surface area contributed by atoms with E-state index >= 15 is 0 Å². The lowest BCUT2D eigenvalue weighted by molar-refractivity contribution is -0.462. The molecule has 27 heavy (non-hydrogen) atoms. The second-order valence-electron chi connectivity index (χ2n) is 5.09. The van der Waals surface area contributed by atoms with E-state index in [1.165, 1.54) is 0 Å². The minimum absolute atomic E-state index is 0.0175. The van der Waals surface area contributed by atoms with Gasteiger partial charge in [0.15, 0.2) is 6.17 Å². The Bertz CT molecular complexity index is 692. The summed E-state index contributed by atoms with van der Waals surface area (Å²) in [7, 11) is 0. The maximum Gasteiger partial charge on any atom is 0.454 e. The Morgan fingerprint density at radius 2 is 1.26 bits per heavy atom. The van der Waals surface area contributed by atoms with Gasteiger partial charge in [-0.25, -0.2) is 4.39 Å². The van der Waals surface area contributed by atoms with Crippen molar-refractivity contribution in [1.82, 2.24) is 0 Å². The van der Waals surface area contributed by atoms with E-state index in [-0.39, 0.29) is 12.1 Å². The Labute approximate surface area is 140 Å². The molecule has 0 amide bonds. The molecule has 0 saturated heterocycles. The molecular formula is C12H5F12NO2. The average Bonchev–Trinajstić information content (AvgIpc) is 2.43. The van der Waals surface area contributed by atoms with E-state index < -0.39 is 52.2 Å². The highest BCUT2D eigenvalue weighted by Crippen LogP contribution is 2.69. The number of halogens is 12. The standard InChI is InChI=1S/C12H5F12NO2/c13-7(5-2-1-3-6(4-5)25(26)27)8(10(16,17)18,11(19,20)21)9(14,15)12(22,23)24/h1-4,7H. The Morgan fingerprint density at radius 1 is 0.815 bits per heavy atom. The number of alkyl halides is 12. The summed E-state index contributed by atoms with van der Waals surface area (Å²) < 4.78 is 157. The highest BCUT2D eigenvalue weighted by molar-refractivity contribution is 5.37. The van der Waals surface area contributed by atoms with Crippen LogP contribution in [-0.4, -0.2) is 29.4 Å². The van der Waals surface area contributed by atoms with Gasteiger partial charge < -0.3 is 0 Å². The van der Waals surface area contributed by atoms with E-state index in [2.05, 4.69) is 0 Å². The number of hydrogen-bond acceptors (Lipinski definition) is 2. The van der Waals surface area contributed by atoms with Gasteiger partial charge in [0.1, 0.15) is 0 Å². The fourth-order valence-corrected chi connectivity index (χ4v) is 2.23. The molecule has 154 valence electrons. The summed E-state index contributed by atoms with van der Waals surface area (Å²) in [6.07, 6.45) is -27.5. The van der Waals surface area contributed by atoms with E-state index in [9.17, 15) is 62.8 Å². The Hall–Kier alpha value is -2.22. The van der Waals surface area contributed by atoms with Crippen molar-refractivity contribution in [3.63, 3.8) is 0 Å². The Kier molecular flexibility index (Phi) is 5.44. The van der Waals surface area contributed by atoms with Gasteiger partial charge in [-0.1, -0.05) is 12.1 Å². The average molecular weight is 423 g/mol. The third kappa shape index (κ3) is 3.38. The molecule has 0 aliphatic rings. The second-order valence-corrected chi connectivity index (χ2v) is 5.09. The molecule has 1 aromatic carbocycles. The van der Waals surface area contributed by atoms with Crippen LogP contribution in [0.4, 0.5) is 58.4 Å². The van der Waals surface area contributed by atoms with Gasteiger partial charge >= 0.3 is 24.5 Å². The zero-order valence-corrected chi connectivity index (χ0v) is 12.2. The van der Waals surface area contributed by atoms with E-state index in [4.69, 9.17) is 0 Å². The van der Waals surface area contributed by atoms with Crippen LogP contribution in [0.5, 0.6) is 0 Å². The molecular weight excluding hydrogens is 418 g/mol. The number of nitrogens with zero attached hydrogens (tertiary/aromatic N) is 1. The Morgan fingerprint density at radius 3 is 1.59 bits per heavy atom. The van der Waals surface area contributed by atoms with Crippen LogP contribution in [0.2, 0.25) is 0 Å². The first-order valence-corrected chi connectivity index (χ1v) is 6.28. The predicted octanol–water partition coefficient (Wildman–Crippen LogP) is 5.91. The first-order chi connectivity index (χ1) is 11.8. The van der Waals surface area contributed by atoms with Gasteiger partial charge in [0.2, 0.25) is 0 Å². The van der Waals surface area contributed by atoms with E-state index in [0.717, 1.165) is 0 Å². The molecule has 3 nitrogen and oxygen atoms in total. The lowest BCUT2D eigenvalue weighted by Crippen LogP contribution is -2.68. The van der Waals surface area contributed by atoms with E-state index in [1.807, 2.05) is 0 Å². The lowest BCUT2D eigenvalue weighted by atomic mass is 9.72. The van der Waals surface area contributed by atoms with Gasteiger partial charge in [-0.05, 0) is 5.56 Å². The zero-order chi connectivity index (χ0) is 21.6. The SMILES string of the molecule is O=[N+]([O-])c1cccc(C(F)C(C(F)(F)F)(C(F)(F)F)C(F)(F)C(F)(F)F)c1. The van der Waals surface area contributed by atoms with Gasteiger partial charge in [-0.2, -0.15) is 48.3 Å². The molecule has 0 aliphatic carbocycles. The van der Waals surface area contributed by atoms with Crippen molar-refractivity contribution in [3.05, 3.63) is 39.9 Å². The van der Waals surface area contributed by atoms with E-state index in [1.54, 1.807) is 0 Å². The largest absolute Gasteiger partial charge is 0.454 e. The van der Waals surface area contributed by atoms with Crippen molar-refractivity contribution in [1.29, 1.82) is 0 Å². The lowest BCUT2D eigenvalue weighted by Gasteiger charge is -2.44. The second kappa shape index (κ2) is 6.44. The van der Waals surface area contributed by atoms with Gasteiger partial charge in [0.05, 0.1) is 4.92 Å². The molecule has 0 radical (unpaired) electrons. The summed E-state index contributed by atoms with van der Waals surface area (Å²) in [4.78, 5) is 9.06. The minimum atomic E-state index is -7.67. The predicted molar refractivity (Wildman–Crippen MR) is 62.5 cm³/mol. The third-order valence-electron chi connectivity index (χ3n) is 3.50. The monoisotopic (exact) mass is 423 g/mol. The number of non-ortho nitro benzene ring substituents is 1. The molecule has 0 N–H and O–H groups in total. The minimum Gasteiger partial charge on any atom is -0.258 e. The van der Waals surface area contributed by atoms with Crippen molar-refractivity contribution in [2.75, 3.05) is 0 Å². The highest BCUT2D eigenvalue weighted by Gasteiger charge is 2.92. The summed E-state index contributed by atoms with van der Waals surface area (Å²) in [5.74, 6) is -7.67. The first-order valence-electron chi connectivity index (χ1n) is 6.28. The van der Waals surface area contributed by atoms with Crippen LogP contribution >= 0.6 is 0 Å². The topological polar surface area (TPSA) is 43.1 Å². The molecule has 0 aliphatic heterocycles. The summed E-state index contributed by atoms with van der Waals surface area (Å²) in [5, 5.41) is 10.5. The normalized spacial score (nSPS) is 15.6. The highest BCUT2D eigenvalue weighted by atomic mass is 19.4. The number of nitro benzene ring substituents is 1. The van der Waals surface area contributed by atoms with Gasteiger partial charge in [-0.3, -0.25) is 10.1 Å². The van der Waals surface area contributed by atoms with Crippen LogP contribution in [-0.2, 0) is 0 Å². The van der Waals surface area contributed by atoms with Gasteiger partial charge in [0, 0.05) is 12.1 Å². The first kappa shape index (κ1) is 22.8. The number of hydrogen-bond donors (Lipinski definition) is 0. The summed E-state index contributed by atoms with van der Waals surface area (Å²) in [6, 6.07) is 0.448. The molecule has 0 bridgehead atoms. The molecule has 0 fully saturated rings. The molecule has 1 atom stereocenters.